The van der Waals surface area contributed by atoms with Gasteiger partial charge in [-0.05, 0) is 25.0 Å². The van der Waals surface area contributed by atoms with Gasteiger partial charge in [0.2, 0.25) is 0 Å². The molecule has 0 bridgehead atoms. The van der Waals surface area contributed by atoms with Crippen LogP contribution in [0.4, 0.5) is 5.69 Å². The van der Waals surface area contributed by atoms with E-state index in [4.69, 9.17) is 14.8 Å². The molecule has 27 heavy (non-hydrogen) atoms. The second-order valence-electron chi connectivity index (χ2n) is 6.95. The molecule has 3 aliphatic rings. The summed E-state index contributed by atoms with van der Waals surface area (Å²) >= 11 is 1.89. The van der Waals surface area contributed by atoms with Gasteiger partial charge in [0.05, 0.1) is 25.5 Å². The Labute approximate surface area is 165 Å². The second kappa shape index (κ2) is 9.06. The molecule has 1 fully saturated rings. The number of benzene rings is 1. The Morgan fingerprint density at radius 1 is 1.11 bits per heavy atom. The number of aliphatic hydroxyl groups excluding tert-OH is 1. The van der Waals surface area contributed by atoms with Gasteiger partial charge in [0.25, 0.3) is 0 Å². The van der Waals surface area contributed by atoms with Crippen molar-refractivity contribution in [2.45, 2.75) is 17.7 Å². The van der Waals surface area contributed by atoms with E-state index in [9.17, 15) is 0 Å². The summed E-state index contributed by atoms with van der Waals surface area (Å²) in [7, 11) is 0. The number of amidine groups is 1. The maximum Gasteiger partial charge on any atom is 0.137 e. The molecule has 1 saturated heterocycles. The fraction of sp³-hybridized carbons (Fsp3) is 0.476. The number of ether oxygens (including phenoxy) is 1. The van der Waals surface area contributed by atoms with Crippen molar-refractivity contribution in [3.63, 3.8) is 0 Å². The van der Waals surface area contributed by atoms with Crippen LogP contribution in [0.1, 0.15) is 12.8 Å². The molecule has 2 aliphatic heterocycles. The zero-order valence-electron chi connectivity index (χ0n) is 15.6. The van der Waals surface area contributed by atoms with Crippen molar-refractivity contribution in [2.75, 3.05) is 52.5 Å². The number of piperazine rings is 1. The summed E-state index contributed by atoms with van der Waals surface area (Å²) in [6, 6.07) is 8.48. The summed E-state index contributed by atoms with van der Waals surface area (Å²) in [5.74, 6) is 1.13. The smallest absolute Gasteiger partial charge is 0.137 e. The number of allylic oxidation sites excluding steroid dienone is 2. The molecular weight excluding hydrogens is 358 g/mol. The number of thioether (sulfide) groups is 1. The Morgan fingerprint density at radius 3 is 2.81 bits per heavy atom. The van der Waals surface area contributed by atoms with E-state index in [0.717, 1.165) is 57.1 Å². The third-order valence-electron chi connectivity index (χ3n) is 5.15. The van der Waals surface area contributed by atoms with E-state index >= 15 is 0 Å². The first-order chi connectivity index (χ1) is 13.3. The number of fused-ring (bicyclic) bond motifs is 1. The quantitative estimate of drug-likeness (QED) is 0.790. The number of hydrogen-bond donors (Lipinski definition) is 1. The van der Waals surface area contributed by atoms with E-state index in [1.165, 1.54) is 15.4 Å². The maximum atomic E-state index is 8.80. The molecule has 1 aliphatic carbocycles. The van der Waals surface area contributed by atoms with Gasteiger partial charge in [0.1, 0.15) is 5.84 Å². The molecule has 6 heteroatoms. The van der Waals surface area contributed by atoms with Crippen LogP contribution in [0.5, 0.6) is 0 Å². The molecular formula is C21H27N3O2S. The molecule has 2 heterocycles. The van der Waals surface area contributed by atoms with E-state index in [-0.39, 0.29) is 6.61 Å². The number of rotatable bonds is 5. The van der Waals surface area contributed by atoms with Crippen molar-refractivity contribution in [1.29, 1.82) is 0 Å². The lowest BCUT2D eigenvalue weighted by molar-refractivity contribution is 0.0652. The molecule has 0 radical (unpaired) electrons. The molecule has 1 aromatic rings. The molecule has 0 aromatic heterocycles. The third-order valence-corrected chi connectivity index (χ3v) is 6.38. The monoisotopic (exact) mass is 385 g/mol. The van der Waals surface area contributed by atoms with Crippen LogP contribution in [0.2, 0.25) is 0 Å². The zero-order chi connectivity index (χ0) is 18.5. The topological polar surface area (TPSA) is 48.3 Å². The van der Waals surface area contributed by atoms with Crippen LogP contribution < -0.4 is 0 Å². The maximum absolute atomic E-state index is 8.80. The molecule has 1 aromatic carbocycles. The van der Waals surface area contributed by atoms with Crippen molar-refractivity contribution >= 4 is 23.3 Å². The van der Waals surface area contributed by atoms with Gasteiger partial charge >= 0.3 is 0 Å². The summed E-state index contributed by atoms with van der Waals surface area (Å²) < 4.78 is 5.41. The van der Waals surface area contributed by atoms with Gasteiger partial charge in [0.15, 0.2) is 0 Å². The number of nitrogens with zero attached hydrogens (tertiary/aromatic N) is 3. The van der Waals surface area contributed by atoms with Crippen LogP contribution in [0.15, 0.2) is 56.8 Å². The lowest BCUT2D eigenvalue weighted by Gasteiger charge is -2.37. The average Bonchev–Trinajstić information content (AvgIpc) is 2.88. The van der Waals surface area contributed by atoms with Crippen molar-refractivity contribution in [3.05, 3.63) is 46.9 Å². The second-order valence-corrected chi connectivity index (χ2v) is 8.08. The normalized spacial score (nSPS) is 20.2. The van der Waals surface area contributed by atoms with Gasteiger partial charge in [0, 0.05) is 48.1 Å². The highest BCUT2D eigenvalue weighted by molar-refractivity contribution is 8.03. The van der Waals surface area contributed by atoms with Crippen molar-refractivity contribution in [2.24, 2.45) is 4.99 Å². The van der Waals surface area contributed by atoms with Crippen molar-refractivity contribution in [3.8, 4) is 0 Å². The molecule has 4 rings (SSSR count). The van der Waals surface area contributed by atoms with E-state index in [2.05, 4.69) is 46.2 Å². The van der Waals surface area contributed by atoms with Gasteiger partial charge in [-0.2, -0.15) is 0 Å². The predicted molar refractivity (Wildman–Crippen MR) is 111 cm³/mol. The minimum absolute atomic E-state index is 0.0953. The lowest BCUT2D eigenvalue weighted by Crippen LogP contribution is -2.49. The average molecular weight is 386 g/mol. The summed E-state index contributed by atoms with van der Waals surface area (Å²) in [4.78, 5) is 12.7. The molecule has 5 nitrogen and oxygen atoms in total. The van der Waals surface area contributed by atoms with E-state index in [0.29, 0.717) is 13.2 Å². The van der Waals surface area contributed by atoms with Crippen LogP contribution >= 0.6 is 11.8 Å². The Bertz CT molecular complexity index is 752. The fourth-order valence-electron chi connectivity index (χ4n) is 3.68. The Kier molecular flexibility index (Phi) is 6.29. The fourth-order valence-corrected chi connectivity index (χ4v) is 4.80. The molecule has 144 valence electrons. The van der Waals surface area contributed by atoms with E-state index < -0.39 is 0 Å². The van der Waals surface area contributed by atoms with Crippen LogP contribution in [-0.2, 0) is 4.74 Å². The third kappa shape index (κ3) is 4.46. The van der Waals surface area contributed by atoms with Gasteiger partial charge < -0.3 is 14.7 Å². The number of aliphatic imine (C=N–C) groups is 1. The minimum atomic E-state index is 0.0953. The lowest BCUT2D eigenvalue weighted by atomic mass is 10.0. The first-order valence-corrected chi connectivity index (χ1v) is 10.6. The summed E-state index contributed by atoms with van der Waals surface area (Å²) in [6.45, 7) is 6.13. The highest BCUT2D eigenvalue weighted by Crippen LogP contribution is 2.43. The van der Waals surface area contributed by atoms with Gasteiger partial charge in [-0.3, -0.25) is 4.90 Å². The largest absolute Gasteiger partial charge is 0.394 e. The number of aliphatic hydroxyl groups is 1. The van der Waals surface area contributed by atoms with Crippen LogP contribution in [-0.4, -0.2) is 73.3 Å². The minimum Gasteiger partial charge on any atom is -0.394 e. The van der Waals surface area contributed by atoms with Crippen LogP contribution in [0, 0.1) is 0 Å². The molecule has 1 N–H and O–H groups in total. The zero-order valence-corrected chi connectivity index (χ0v) is 16.5. The van der Waals surface area contributed by atoms with E-state index in [1.54, 1.807) is 0 Å². The number of para-hydroxylation sites is 1. The summed E-state index contributed by atoms with van der Waals surface area (Å²) in [6.07, 6.45) is 6.76. The Balaban J connectivity index is 1.48. The van der Waals surface area contributed by atoms with Gasteiger partial charge in [-0.25, -0.2) is 4.99 Å². The SMILES string of the molecule is OCCOCCN1CCN(C2=Nc3ccccc3SC3=C2C=CCC3)CC1. The molecule has 0 atom stereocenters. The Hall–Kier alpha value is -1.60. The summed E-state index contributed by atoms with van der Waals surface area (Å²) in [5.41, 5.74) is 2.39. The van der Waals surface area contributed by atoms with Crippen LogP contribution in [0.25, 0.3) is 0 Å². The summed E-state index contributed by atoms with van der Waals surface area (Å²) in [5, 5.41) is 8.80. The molecule has 0 unspecified atom stereocenters. The Morgan fingerprint density at radius 2 is 1.96 bits per heavy atom. The van der Waals surface area contributed by atoms with Gasteiger partial charge in [-0.15, -0.1) is 0 Å². The van der Waals surface area contributed by atoms with Crippen LogP contribution in [0.3, 0.4) is 0 Å². The van der Waals surface area contributed by atoms with Crippen molar-refractivity contribution < 1.29 is 9.84 Å². The highest BCUT2D eigenvalue weighted by atomic mass is 32.2. The molecule has 0 amide bonds. The van der Waals surface area contributed by atoms with Gasteiger partial charge in [-0.1, -0.05) is 36.0 Å². The molecule has 0 saturated carbocycles. The first-order valence-electron chi connectivity index (χ1n) is 9.76. The predicted octanol–water partition coefficient (Wildman–Crippen LogP) is 3.05. The highest BCUT2D eigenvalue weighted by Gasteiger charge is 2.26. The van der Waals surface area contributed by atoms with E-state index in [1.807, 2.05) is 11.8 Å². The van der Waals surface area contributed by atoms with Crippen molar-refractivity contribution in [1.82, 2.24) is 9.80 Å². The molecule has 0 spiro atoms. The number of hydrogen-bond acceptors (Lipinski definition) is 6. The first kappa shape index (κ1) is 18.7. The standard InChI is InChI=1S/C21H27N3O2S/c25-14-16-26-15-13-23-9-11-24(12-10-23)21-17-5-1-3-7-19(17)27-20-8-4-2-6-18(20)22-21/h1-2,4-6,8,25H,3,7,9-16H2.